The molecule has 1 aromatic carbocycles. The number of urea groups is 1. The van der Waals surface area contributed by atoms with Crippen LogP contribution in [0.2, 0.25) is 0 Å². The lowest BCUT2D eigenvalue weighted by Crippen LogP contribution is -2.43. The largest absolute Gasteiger partial charge is 0.361 e. The Morgan fingerprint density at radius 1 is 1.03 bits per heavy atom. The third-order valence-corrected chi connectivity index (χ3v) is 5.97. The number of benzene rings is 1. The van der Waals surface area contributed by atoms with Crippen molar-refractivity contribution in [3.63, 3.8) is 0 Å². The number of imide groups is 1. The van der Waals surface area contributed by atoms with Gasteiger partial charge in [0.25, 0.3) is 5.91 Å². The zero-order valence-electron chi connectivity index (χ0n) is 18.5. The van der Waals surface area contributed by atoms with Gasteiger partial charge in [0.05, 0.1) is 24.1 Å². The van der Waals surface area contributed by atoms with Gasteiger partial charge < -0.3 is 9.42 Å². The second-order valence-corrected chi connectivity index (χ2v) is 8.44. The molecule has 0 aliphatic carbocycles. The number of nitrogens with zero attached hydrogens (tertiary/aromatic N) is 5. The highest BCUT2D eigenvalue weighted by molar-refractivity contribution is 6.22. The minimum Gasteiger partial charge on any atom is -0.361 e. The van der Waals surface area contributed by atoms with Crippen LogP contribution in [0.4, 0.5) is 10.5 Å². The maximum Gasteiger partial charge on any atom is 0.332 e. The number of rotatable bonds is 6. The van der Waals surface area contributed by atoms with E-state index in [-0.39, 0.29) is 11.9 Å². The molecule has 0 unspecified atom stereocenters. The molecule has 1 aliphatic rings. The first-order valence-corrected chi connectivity index (χ1v) is 10.4. The maximum atomic E-state index is 13.3. The van der Waals surface area contributed by atoms with Crippen LogP contribution in [0.5, 0.6) is 0 Å². The van der Waals surface area contributed by atoms with Crippen LogP contribution in [0.3, 0.4) is 0 Å². The highest BCUT2D eigenvalue weighted by Crippen LogP contribution is 2.33. The topological polar surface area (TPSA) is 84.5 Å². The van der Waals surface area contributed by atoms with Crippen molar-refractivity contribution in [2.75, 3.05) is 4.90 Å². The molecule has 3 aromatic rings. The van der Waals surface area contributed by atoms with Crippen LogP contribution in [0.15, 0.2) is 41.2 Å². The molecule has 0 N–H and O–H groups in total. The average molecular weight is 422 g/mol. The van der Waals surface area contributed by atoms with Crippen LogP contribution in [0.1, 0.15) is 48.9 Å². The molecular weight excluding hydrogens is 394 g/mol. The zero-order valence-corrected chi connectivity index (χ0v) is 18.5. The van der Waals surface area contributed by atoms with Gasteiger partial charge in [0.1, 0.15) is 11.3 Å². The molecule has 0 radical (unpaired) electrons. The fourth-order valence-electron chi connectivity index (χ4n) is 3.84. The van der Waals surface area contributed by atoms with E-state index in [0.717, 1.165) is 29.0 Å². The van der Waals surface area contributed by atoms with Crippen LogP contribution >= 0.6 is 0 Å². The molecule has 8 heteroatoms. The molecule has 4 rings (SSSR count). The van der Waals surface area contributed by atoms with E-state index in [1.807, 2.05) is 26.0 Å². The average Bonchev–Trinajstić information content (AvgIpc) is 3.38. The monoisotopic (exact) mass is 421 g/mol. The highest BCUT2D eigenvalue weighted by atomic mass is 16.5. The summed E-state index contributed by atoms with van der Waals surface area (Å²) in [6, 6.07) is 7.79. The molecule has 0 bridgehead atoms. The fraction of sp³-hybridized carbons (Fsp3) is 0.391. The summed E-state index contributed by atoms with van der Waals surface area (Å²) in [7, 11) is 0. The number of hydrogen-bond acceptors (Lipinski definition) is 5. The predicted octanol–water partition coefficient (Wildman–Crippen LogP) is 3.85. The molecule has 2 aromatic heterocycles. The second kappa shape index (κ2) is 7.68. The van der Waals surface area contributed by atoms with Crippen molar-refractivity contribution in [1.29, 1.82) is 0 Å². The number of carbonyl (C=O) groups excluding carboxylic acids is 2. The number of aromatic nitrogens is 3. The Kier molecular flexibility index (Phi) is 5.16. The van der Waals surface area contributed by atoms with Crippen LogP contribution in [-0.2, 0) is 24.3 Å². The third kappa shape index (κ3) is 3.62. The molecule has 0 atom stereocenters. The van der Waals surface area contributed by atoms with Gasteiger partial charge in [-0.15, -0.1) is 0 Å². The highest BCUT2D eigenvalue weighted by Gasteiger charge is 2.52. The predicted molar refractivity (Wildman–Crippen MR) is 116 cm³/mol. The first-order valence-electron chi connectivity index (χ1n) is 10.4. The minimum absolute atomic E-state index is 0.264. The van der Waals surface area contributed by atoms with Crippen molar-refractivity contribution in [2.45, 2.75) is 59.7 Å². The Balaban J connectivity index is 1.57. The molecule has 1 aliphatic heterocycles. The zero-order chi connectivity index (χ0) is 22.3. The van der Waals surface area contributed by atoms with E-state index in [1.165, 1.54) is 10.5 Å². The molecular formula is C23H27N5O3. The van der Waals surface area contributed by atoms with Gasteiger partial charge in [-0.05, 0) is 45.2 Å². The fourth-order valence-corrected chi connectivity index (χ4v) is 3.84. The quantitative estimate of drug-likeness (QED) is 0.565. The van der Waals surface area contributed by atoms with E-state index in [0.29, 0.717) is 18.8 Å². The molecule has 0 saturated carbocycles. The molecule has 8 nitrogen and oxygen atoms in total. The molecule has 1 fully saturated rings. The number of aryl methyl sites for hydroxylation is 3. The van der Waals surface area contributed by atoms with Gasteiger partial charge in [-0.2, -0.15) is 5.10 Å². The van der Waals surface area contributed by atoms with Crippen molar-refractivity contribution < 1.29 is 14.1 Å². The third-order valence-electron chi connectivity index (χ3n) is 5.97. The number of anilines is 1. The number of amides is 3. The van der Waals surface area contributed by atoms with Gasteiger partial charge in [0, 0.05) is 18.3 Å². The van der Waals surface area contributed by atoms with Crippen LogP contribution < -0.4 is 4.90 Å². The van der Waals surface area contributed by atoms with Crippen molar-refractivity contribution in [1.82, 2.24) is 19.8 Å². The molecule has 162 valence electrons. The Bertz CT molecular complexity index is 1110. The van der Waals surface area contributed by atoms with E-state index in [4.69, 9.17) is 4.52 Å². The molecule has 3 amide bonds. The van der Waals surface area contributed by atoms with Gasteiger partial charge >= 0.3 is 6.03 Å². The van der Waals surface area contributed by atoms with Crippen LogP contribution in [0, 0.1) is 13.8 Å². The minimum atomic E-state index is -0.954. The Morgan fingerprint density at radius 3 is 2.32 bits per heavy atom. The first-order chi connectivity index (χ1) is 14.7. The van der Waals surface area contributed by atoms with E-state index >= 15 is 0 Å². The van der Waals surface area contributed by atoms with E-state index in [2.05, 4.69) is 29.3 Å². The maximum absolute atomic E-state index is 13.3. The lowest BCUT2D eigenvalue weighted by atomic mass is 10.0. The van der Waals surface area contributed by atoms with Gasteiger partial charge in [-0.1, -0.05) is 36.3 Å². The van der Waals surface area contributed by atoms with E-state index in [9.17, 15) is 9.59 Å². The summed E-state index contributed by atoms with van der Waals surface area (Å²) in [5.41, 5.74) is 3.46. The second-order valence-electron chi connectivity index (χ2n) is 8.44. The summed E-state index contributed by atoms with van der Waals surface area (Å²) < 4.78 is 6.89. The Hall–Kier alpha value is -3.42. The Morgan fingerprint density at radius 2 is 1.71 bits per heavy atom. The number of carbonyl (C=O) groups is 2. The van der Waals surface area contributed by atoms with Crippen molar-refractivity contribution in [2.24, 2.45) is 0 Å². The number of hydrogen-bond donors (Lipinski definition) is 0. The summed E-state index contributed by atoms with van der Waals surface area (Å²) >= 11 is 0. The van der Waals surface area contributed by atoms with E-state index in [1.54, 1.807) is 35.8 Å². The summed E-state index contributed by atoms with van der Waals surface area (Å²) in [4.78, 5) is 29.3. The van der Waals surface area contributed by atoms with Gasteiger partial charge in [0.2, 0.25) is 0 Å². The van der Waals surface area contributed by atoms with Gasteiger partial charge in [-0.25, -0.2) is 9.69 Å². The SMILES string of the molecule is CCc1ccc(CN2C(=O)N(c3cnn(Cc4c(C)noc4C)c3)C(=O)C2(C)C)cc1. The molecule has 31 heavy (non-hydrogen) atoms. The van der Waals surface area contributed by atoms with Crippen molar-refractivity contribution in [3.8, 4) is 0 Å². The van der Waals surface area contributed by atoms with Gasteiger partial charge in [0.15, 0.2) is 0 Å². The molecule has 3 heterocycles. The van der Waals surface area contributed by atoms with Crippen molar-refractivity contribution >= 4 is 17.6 Å². The summed E-state index contributed by atoms with van der Waals surface area (Å²) in [5.74, 6) is 0.462. The lowest BCUT2D eigenvalue weighted by Gasteiger charge is -2.27. The molecule has 0 spiro atoms. The molecule has 1 saturated heterocycles. The Labute approximate surface area is 181 Å². The van der Waals surface area contributed by atoms with Crippen molar-refractivity contribution in [3.05, 3.63) is 64.8 Å². The van der Waals surface area contributed by atoms with Gasteiger partial charge in [-0.3, -0.25) is 9.48 Å². The first kappa shape index (κ1) is 20.8. The summed E-state index contributed by atoms with van der Waals surface area (Å²) in [6.07, 6.45) is 4.21. The van der Waals surface area contributed by atoms with Crippen LogP contribution in [0.25, 0.3) is 0 Å². The smallest absolute Gasteiger partial charge is 0.332 e. The normalized spacial score (nSPS) is 15.9. The summed E-state index contributed by atoms with van der Waals surface area (Å²) in [5, 5.41) is 8.30. The van der Waals surface area contributed by atoms with E-state index < -0.39 is 5.54 Å². The summed E-state index contributed by atoms with van der Waals surface area (Å²) in [6.45, 7) is 10.2. The standard InChI is InChI=1S/C23H27N5O3/c1-6-17-7-9-18(10-8-17)12-27-22(30)28(21(29)23(27,4)5)19-11-24-26(13-19)14-20-15(2)25-31-16(20)3/h7-11,13H,6,12,14H2,1-5H3. The van der Waals surface area contributed by atoms with Crippen LogP contribution in [-0.4, -0.2) is 37.3 Å². The lowest BCUT2D eigenvalue weighted by molar-refractivity contribution is -0.123.